The lowest BCUT2D eigenvalue weighted by Gasteiger charge is -2.39. The molecule has 0 N–H and O–H groups in total. The summed E-state index contributed by atoms with van der Waals surface area (Å²) in [6.07, 6.45) is 2.94. The lowest BCUT2D eigenvalue weighted by atomic mass is 9.78. The van der Waals surface area contributed by atoms with Gasteiger partial charge in [0.05, 0.1) is 11.1 Å². The highest BCUT2D eigenvalue weighted by molar-refractivity contribution is 6.22. The molecular weight excluding hydrogens is 418 g/mol. The quantitative estimate of drug-likeness (QED) is 0.637. The van der Waals surface area contributed by atoms with E-state index in [1.54, 1.807) is 48.5 Å². The van der Waals surface area contributed by atoms with Crippen LogP contribution >= 0.6 is 0 Å². The number of carbonyl (C=O) groups is 4. The number of imide groups is 1. The van der Waals surface area contributed by atoms with Crippen LogP contribution in [0.15, 0.2) is 54.6 Å². The van der Waals surface area contributed by atoms with Crippen LogP contribution in [0.3, 0.4) is 0 Å². The van der Waals surface area contributed by atoms with Crippen molar-refractivity contribution in [1.29, 1.82) is 0 Å². The molecule has 2 aliphatic rings. The number of carbonyl (C=O) groups excluding carboxylic acids is 4. The van der Waals surface area contributed by atoms with Crippen molar-refractivity contribution in [2.45, 2.75) is 33.1 Å². The van der Waals surface area contributed by atoms with E-state index in [1.165, 1.54) is 4.90 Å². The molecule has 0 aromatic heterocycles. The standard InChI is InChI=1S/C26H29N3O4/c1-3-26(2)13-15-27(16-14-26)22(30)17-28(19-9-5-4-6-10-19)23(31)18-29-24(32)20-11-7-8-12-21(20)25(29)33/h4-12H,3,13-18H2,1-2H3. The maximum absolute atomic E-state index is 13.3. The van der Waals surface area contributed by atoms with Gasteiger partial charge >= 0.3 is 0 Å². The van der Waals surface area contributed by atoms with Gasteiger partial charge in [0.25, 0.3) is 11.8 Å². The minimum Gasteiger partial charge on any atom is -0.341 e. The molecule has 4 amide bonds. The molecule has 4 rings (SSSR count). The van der Waals surface area contributed by atoms with Crippen LogP contribution in [-0.4, -0.2) is 59.6 Å². The van der Waals surface area contributed by atoms with Crippen LogP contribution in [0, 0.1) is 5.41 Å². The van der Waals surface area contributed by atoms with Crippen LogP contribution in [0.5, 0.6) is 0 Å². The van der Waals surface area contributed by atoms with Crippen LogP contribution in [0.2, 0.25) is 0 Å². The summed E-state index contributed by atoms with van der Waals surface area (Å²) in [6, 6.07) is 15.4. The van der Waals surface area contributed by atoms with Crippen molar-refractivity contribution >= 4 is 29.3 Å². The first-order chi connectivity index (χ1) is 15.8. The molecule has 0 radical (unpaired) electrons. The monoisotopic (exact) mass is 447 g/mol. The molecule has 0 atom stereocenters. The molecule has 172 valence electrons. The number of nitrogens with zero attached hydrogens (tertiary/aromatic N) is 3. The zero-order valence-corrected chi connectivity index (χ0v) is 19.1. The second-order valence-electron chi connectivity index (χ2n) is 9.10. The Morgan fingerprint density at radius 2 is 1.45 bits per heavy atom. The van der Waals surface area contributed by atoms with Gasteiger partial charge in [0.1, 0.15) is 13.1 Å². The summed E-state index contributed by atoms with van der Waals surface area (Å²) in [5.74, 6) is -1.58. The van der Waals surface area contributed by atoms with Gasteiger partial charge in [0.15, 0.2) is 0 Å². The smallest absolute Gasteiger partial charge is 0.262 e. The van der Waals surface area contributed by atoms with Crippen molar-refractivity contribution in [2.24, 2.45) is 5.41 Å². The van der Waals surface area contributed by atoms with Crippen LogP contribution in [-0.2, 0) is 9.59 Å². The molecule has 2 aromatic rings. The van der Waals surface area contributed by atoms with Crippen LogP contribution in [0.4, 0.5) is 5.69 Å². The van der Waals surface area contributed by atoms with Crippen molar-refractivity contribution in [3.63, 3.8) is 0 Å². The molecule has 0 aliphatic carbocycles. The Labute approximate surface area is 194 Å². The van der Waals surface area contributed by atoms with Crippen LogP contribution in [0.25, 0.3) is 0 Å². The van der Waals surface area contributed by atoms with E-state index in [0.29, 0.717) is 29.9 Å². The molecule has 0 saturated carbocycles. The fourth-order valence-electron chi connectivity index (χ4n) is 4.42. The second kappa shape index (κ2) is 9.17. The van der Waals surface area contributed by atoms with E-state index in [-0.39, 0.29) is 17.9 Å². The average Bonchev–Trinajstić information content (AvgIpc) is 3.08. The van der Waals surface area contributed by atoms with Crippen molar-refractivity contribution < 1.29 is 19.2 Å². The topological polar surface area (TPSA) is 78.0 Å². The van der Waals surface area contributed by atoms with Gasteiger partial charge in [-0.05, 0) is 42.5 Å². The number of para-hydroxylation sites is 1. The molecule has 2 aromatic carbocycles. The number of likely N-dealkylation sites (tertiary alicyclic amines) is 1. The molecule has 0 bridgehead atoms. The van der Waals surface area contributed by atoms with E-state index < -0.39 is 24.3 Å². The number of fused-ring (bicyclic) bond motifs is 1. The van der Waals surface area contributed by atoms with Gasteiger partial charge in [-0.2, -0.15) is 0 Å². The molecule has 2 heterocycles. The summed E-state index contributed by atoms with van der Waals surface area (Å²) >= 11 is 0. The average molecular weight is 448 g/mol. The Morgan fingerprint density at radius 3 is 2.00 bits per heavy atom. The highest BCUT2D eigenvalue weighted by Gasteiger charge is 2.38. The van der Waals surface area contributed by atoms with E-state index >= 15 is 0 Å². The minimum atomic E-state index is -0.488. The molecule has 7 heteroatoms. The first-order valence-corrected chi connectivity index (χ1v) is 11.4. The number of amides is 4. The number of benzene rings is 2. The maximum Gasteiger partial charge on any atom is 0.262 e. The van der Waals surface area contributed by atoms with Gasteiger partial charge in [-0.25, -0.2) is 0 Å². The van der Waals surface area contributed by atoms with Gasteiger partial charge in [-0.3, -0.25) is 24.1 Å². The normalized spacial score (nSPS) is 17.2. The Kier molecular flexibility index (Phi) is 6.31. The third-order valence-electron chi connectivity index (χ3n) is 7.01. The van der Waals surface area contributed by atoms with E-state index in [4.69, 9.17) is 0 Å². The van der Waals surface area contributed by atoms with E-state index in [9.17, 15) is 19.2 Å². The summed E-state index contributed by atoms with van der Waals surface area (Å²) in [4.78, 5) is 56.0. The Morgan fingerprint density at radius 1 is 0.909 bits per heavy atom. The molecule has 0 unspecified atom stereocenters. The lowest BCUT2D eigenvalue weighted by molar-refractivity contribution is -0.133. The first-order valence-electron chi connectivity index (χ1n) is 11.4. The van der Waals surface area contributed by atoms with Gasteiger partial charge < -0.3 is 9.80 Å². The van der Waals surface area contributed by atoms with Gasteiger partial charge in [0.2, 0.25) is 11.8 Å². The summed E-state index contributed by atoms with van der Waals surface area (Å²) in [5.41, 5.74) is 1.40. The minimum absolute atomic E-state index is 0.130. The molecule has 1 fully saturated rings. The fraction of sp³-hybridized carbons (Fsp3) is 0.385. The largest absolute Gasteiger partial charge is 0.341 e. The van der Waals surface area contributed by atoms with Crippen molar-refractivity contribution in [3.8, 4) is 0 Å². The first kappa shape index (κ1) is 22.7. The lowest BCUT2D eigenvalue weighted by Crippen LogP contribution is -2.49. The molecule has 2 aliphatic heterocycles. The molecule has 1 saturated heterocycles. The summed E-state index contributed by atoms with van der Waals surface area (Å²) in [5, 5.41) is 0. The second-order valence-corrected chi connectivity index (χ2v) is 9.10. The van der Waals surface area contributed by atoms with Crippen LogP contribution < -0.4 is 4.90 Å². The summed E-state index contributed by atoms with van der Waals surface area (Å²) in [6.45, 7) is 5.21. The number of rotatable bonds is 6. The number of hydrogen-bond acceptors (Lipinski definition) is 4. The van der Waals surface area contributed by atoms with Crippen molar-refractivity contribution in [2.75, 3.05) is 31.1 Å². The Bertz CT molecular complexity index is 1040. The van der Waals surface area contributed by atoms with E-state index in [2.05, 4.69) is 13.8 Å². The third kappa shape index (κ3) is 4.53. The number of anilines is 1. The highest BCUT2D eigenvalue weighted by Crippen LogP contribution is 2.34. The van der Waals surface area contributed by atoms with Crippen molar-refractivity contribution in [3.05, 3.63) is 65.7 Å². The van der Waals surface area contributed by atoms with Crippen LogP contribution in [0.1, 0.15) is 53.8 Å². The van der Waals surface area contributed by atoms with Crippen molar-refractivity contribution in [1.82, 2.24) is 9.80 Å². The maximum atomic E-state index is 13.3. The van der Waals surface area contributed by atoms with E-state index in [0.717, 1.165) is 24.2 Å². The Balaban J connectivity index is 1.50. The van der Waals surface area contributed by atoms with Gasteiger partial charge in [-0.1, -0.05) is 50.6 Å². The summed E-state index contributed by atoms with van der Waals surface area (Å²) in [7, 11) is 0. The predicted molar refractivity (Wildman–Crippen MR) is 125 cm³/mol. The van der Waals surface area contributed by atoms with E-state index in [1.807, 2.05) is 11.0 Å². The third-order valence-corrected chi connectivity index (χ3v) is 7.01. The predicted octanol–water partition coefficient (Wildman–Crippen LogP) is 3.35. The van der Waals surface area contributed by atoms with Gasteiger partial charge in [0, 0.05) is 18.8 Å². The molecule has 33 heavy (non-hydrogen) atoms. The fourth-order valence-corrected chi connectivity index (χ4v) is 4.42. The highest BCUT2D eigenvalue weighted by atomic mass is 16.2. The Hall–Kier alpha value is -3.48. The zero-order valence-electron chi connectivity index (χ0n) is 19.1. The number of piperidine rings is 1. The molecule has 7 nitrogen and oxygen atoms in total. The summed E-state index contributed by atoms with van der Waals surface area (Å²) < 4.78 is 0. The zero-order chi connectivity index (χ0) is 23.6. The van der Waals surface area contributed by atoms with Gasteiger partial charge in [-0.15, -0.1) is 0 Å². The molecule has 0 spiro atoms. The number of hydrogen-bond donors (Lipinski definition) is 0. The SMILES string of the molecule is CCC1(C)CCN(C(=O)CN(C(=O)CN2C(=O)c3ccccc3C2=O)c2ccccc2)CC1. The molecular formula is C26H29N3O4.